The number of likely N-dealkylation sites (N-methyl/N-ethyl adjacent to an activating group) is 1. The lowest BCUT2D eigenvalue weighted by Crippen LogP contribution is -2.45. The van der Waals surface area contributed by atoms with Crippen molar-refractivity contribution in [2.24, 2.45) is 0 Å². The number of hydrogen-bond acceptors (Lipinski definition) is 4. The Balaban J connectivity index is 1.62. The molecule has 2 rings (SSSR count). The first-order chi connectivity index (χ1) is 8.74. The van der Waals surface area contributed by atoms with Crippen LogP contribution in [0.1, 0.15) is 25.7 Å². The second-order valence-electron chi connectivity index (χ2n) is 5.44. The van der Waals surface area contributed by atoms with Gasteiger partial charge in [0.2, 0.25) is 5.91 Å². The van der Waals surface area contributed by atoms with Gasteiger partial charge in [0, 0.05) is 31.8 Å². The molecule has 0 bridgehead atoms. The van der Waals surface area contributed by atoms with Gasteiger partial charge in [0.1, 0.15) is 0 Å². The molecular weight excluding hydrogens is 230 g/mol. The van der Waals surface area contributed by atoms with E-state index in [0.717, 1.165) is 39.1 Å². The third-order valence-electron chi connectivity index (χ3n) is 3.69. The van der Waals surface area contributed by atoms with Crippen molar-refractivity contribution >= 4 is 5.91 Å². The molecule has 0 aromatic heterocycles. The van der Waals surface area contributed by atoms with Gasteiger partial charge in [-0.05, 0) is 39.3 Å². The summed E-state index contributed by atoms with van der Waals surface area (Å²) in [5.74, 6) is 0.141. The molecule has 104 valence electrons. The Bertz CT molecular complexity index is 261. The molecule has 2 aliphatic heterocycles. The predicted octanol–water partition coefficient (Wildman–Crippen LogP) is -0.0346. The van der Waals surface area contributed by atoms with E-state index in [1.165, 1.54) is 12.8 Å². The largest absolute Gasteiger partial charge is 0.381 e. The van der Waals surface area contributed by atoms with E-state index in [1.54, 1.807) is 0 Å². The summed E-state index contributed by atoms with van der Waals surface area (Å²) in [5, 5.41) is 6.55. The number of carbonyl (C=O) groups is 1. The van der Waals surface area contributed by atoms with Gasteiger partial charge in [0.15, 0.2) is 0 Å². The fraction of sp³-hybridized carbons (Fsp3) is 0.923. The van der Waals surface area contributed by atoms with Crippen LogP contribution in [0.4, 0.5) is 0 Å². The molecule has 5 heteroatoms. The molecule has 2 saturated heterocycles. The lowest BCUT2D eigenvalue weighted by Gasteiger charge is -2.25. The maximum Gasteiger partial charge on any atom is 0.234 e. The highest BCUT2D eigenvalue weighted by Gasteiger charge is 2.19. The molecule has 0 spiro atoms. The Labute approximate surface area is 109 Å². The highest BCUT2D eigenvalue weighted by molar-refractivity contribution is 5.78. The maximum atomic E-state index is 11.9. The van der Waals surface area contributed by atoms with Crippen LogP contribution < -0.4 is 10.6 Å². The van der Waals surface area contributed by atoms with Crippen LogP contribution in [0.2, 0.25) is 0 Å². The Hall–Kier alpha value is -0.650. The van der Waals surface area contributed by atoms with E-state index in [9.17, 15) is 4.79 Å². The van der Waals surface area contributed by atoms with Gasteiger partial charge in [0.25, 0.3) is 0 Å². The molecule has 0 saturated carbocycles. The van der Waals surface area contributed by atoms with Gasteiger partial charge in [-0.15, -0.1) is 0 Å². The van der Waals surface area contributed by atoms with Gasteiger partial charge in [-0.3, -0.25) is 9.69 Å². The van der Waals surface area contributed by atoms with E-state index >= 15 is 0 Å². The first kappa shape index (κ1) is 13.8. The van der Waals surface area contributed by atoms with Gasteiger partial charge in [-0.25, -0.2) is 0 Å². The number of rotatable bonds is 5. The summed E-state index contributed by atoms with van der Waals surface area (Å²) in [5.41, 5.74) is 0. The Kier molecular flexibility index (Phi) is 5.41. The monoisotopic (exact) mass is 255 g/mol. The summed E-state index contributed by atoms with van der Waals surface area (Å²) in [6.07, 6.45) is 4.37. The van der Waals surface area contributed by atoms with E-state index in [2.05, 4.69) is 15.5 Å². The number of nitrogens with zero attached hydrogens (tertiary/aromatic N) is 1. The van der Waals surface area contributed by atoms with Crippen LogP contribution in [-0.2, 0) is 9.53 Å². The molecule has 0 aliphatic carbocycles. The fourth-order valence-corrected chi connectivity index (χ4v) is 2.71. The van der Waals surface area contributed by atoms with E-state index in [4.69, 9.17) is 4.74 Å². The first-order valence-electron chi connectivity index (χ1n) is 7.03. The Morgan fingerprint density at radius 3 is 2.83 bits per heavy atom. The van der Waals surface area contributed by atoms with Crippen molar-refractivity contribution in [1.29, 1.82) is 0 Å². The zero-order chi connectivity index (χ0) is 12.8. The lowest BCUT2D eigenvalue weighted by molar-refractivity contribution is -0.123. The molecule has 0 aromatic rings. The predicted molar refractivity (Wildman–Crippen MR) is 70.5 cm³/mol. The van der Waals surface area contributed by atoms with Crippen molar-refractivity contribution in [1.82, 2.24) is 15.5 Å². The van der Waals surface area contributed by atoms with Gasteiger partial charge >= 0.3 is 0 Å². The first-order valence-corrected chi connectivity index (χ1v) is 7.03. The summed E-state index contributed by atoms with van der Waals surface area (Å²) in [6.45, 7) is 4.11. The average Bonchev–Trinajstić information content (AvgIpc) is 2.82. The third-order valence-corrected chi connectivity index (χ3v) is 3.69. The van der Waals surface area contributed by atoms with Crippen molar-refractivity contribution in [3.63, 3.8) is 0 Å². The molecule has 18 heavy (non-hydrogen) atoms. The van der Waals surface area contributed by atoms with Gasteiger partial charge < -0.3 is 15.4 Å². The van der Waals surface area contributed by atoms with Crippen molar-refractivity contribution < 1.29 is 9.53 Å². The van der Waals surface area contributed by atoms with Gasteiger partial charge in [0.05, 0.1) is 6.54 Å². The molecule has 2 N–H and O–H groups in total. The van der Waals surface area contributed by atoms with Gasteiger partial charge in [-0.2, -0.15) is 0 Å². The smallest absolute Gasteiger partial charge is 0.234 e. The van der Waals surface area contributed by atoms with Crippen LogP contribution in [0.25, 0.3) is 0 Å². The van der Waals surface area contributed by atoms with E-state index in [1.807, 2.05) is 7.05 Å². The second kappa shape index (κ2) is 7.07. The molecule has 1 atom stereocenters. The number of ether oxygens (including phenoxy) is 1. The van der Waals surface area contributed by atoms with Crippen LogP contribution in [0.15, 0.2) is 0 Å². The van der Waals surface area contributed by atoms with E-state index < -0.39 is 0 Å². The number of carbonyl (C=O) groups excluding carboxylic acids is 1. The topological polar surface area (TPSA) is 53.6 Å². The van der Waals surface area contributed by atoms with Gasteiger partial charge in [-0.1, -0.05) is 0 Å². The standard InChI is InChI=1S/C13H25N3O2/c1-16(9-12-3-2-6-14-12)10-13(17)15-11-4-7-18-8-5-11/h11-12,14H,2-10H2,1H3,(H,15,17). The Morgan fingerprint density at radius 2 is 2.17 bits per heavy atom. The third kappa shape index (κ3) is 4.55. The lowest BCUT2D eigenvalue weighted by atomic mass is 10.1. The normalized spacial score (nSPS) is 25.6. The van der Waals surface area contributed by atoms with Crippen molar-refractivity contribution in [3.05, 3.63) is 0 Å². The van der Waals surface area contributed by atoms with Crippen LogP contribution in [0.5, 0.6) is 0 Å². The average molecular weight is 255 g/mol. The molecule has 2 heterocycles. The summed E-state index contributed by atoms with van der Waals surface area (Å²) < 4.78 is 5.28. The fourth-order valence-electron chi connectivity index (χ4n) is 2.71. The van der Waals surface area contributed by atoms with Crippen molar-refractivity contribution in [3.8, 4) is 0 Å². The number of amides is 1. The minimum atomic E-state index is 0.141. The SMILES string of the molecule is CN(CC(=O)NC1CCOCC1)CC1CCCN1. The maximum absolute atomic E-state index is 11.9. The van der Waals surface area contributed by atoms with Crippen molar-refractivity contribution in [2.45, 2.75) is 37.8 Å². The number of nitrogens with one attached hydrogen (secondary N) is 2. The molecule has 1 unspecified atom stereocenters. The highest BCUT2D eigenvalue weighted by atomic mass is 16.5. The molecule has 5 nitrogen and oxygen atoms in total. The van der Waals surface area contributed by atoms with Crippen LogP contribution in [0.3, 0.4) is 0 Å². The van der Waals surface area contributed by atoms with E-state index in [0.29, 0.717) is 18.6 Å². The summed E-state index contributed by atoms with van der Waals surface area (Å²) >= 11 is 0. The molecule has 0 aromatic carbocycles. The quantitative estimate of drug-likeness (QED) is 0.724. The minimum absolute atomic E-state index is 0.141. The number of hydrogen-bond donors (Lipinski definition) is 2. The molecular formula is C13H25N3O2. The molecule has 2 fully saturated rings. The van der Waals surface area contributed by atoms with E-state index in [-0.39, 0.29) is 5.91 Å². The minimum Gasteiger partial charge on any atom is -0.381 e. The molecule has 1 amide bonds. The van der Waals surface area contributed by atoms with Crippen LogP contribution in [0, 0.1) is 0 Å². The highest BCUT2D eigenvalue weighted by Crippen LogP contribution is 2.07. The zero-order valence-corrected chi connectivity index (χ0v) is 11.3. The summed E-state index contributed by atoms with van der Waals surface area (Å²) in [4.78, 5) is 14.0. The molecule has 0 radical (unpaired) electrons. The van der Waals surface area contributed by atoms with Crippen molar-refractivity contribution in [2.75, 3.05) is 39.9 Å². The van der Waals surface area contributed by atoms with Crippen LogP contribution >= 0.6 is 0 Å². The second-order valence-corrected chi connectivity index (χ2v) is 5.44. The zero-order valence-electron chi connectivity index (χ0n) is 11.3. The Morgan fingerprint density at radius 1 is 1.39 bits per heavy atom. The summed E-state index contributed by atoms with van der Waals surface area (Å²) in [6, 6.07) is 0.870. The van der Waals surface area contributed by atoms with Crippen LogP contribution in [-0.4, -0.2) is 62.8 Å². The summed E-state index contributed by atoms with van der Waals surface area (Å²) in [7, 11) is 2.02. The molecule has 2 aliphatic rings.